The summed E-state index contributed by atoms with van der Waals surface area (Å²) in [5.74, 6) is -1.56. The van der Waals surface area contributed by atoms with Crippen molar-refractivity contribution in [2.24, 2.45) is 0 Å². The van der Waals surface area contributed by atoms with Gasteiger partial charge in [0.1, 0.15) is 18.2 Å². The Hall–Kier alpha value is -1.03. The standard InChI is InChI=1S/C10H11F3O/c1-6(2)10-8(11)3-7(5-14-13)4-9(10)12/h3-4,6H,5H2,1-2H3. The van der Waals surface area contributed by atoms with Gasteiger partial charge in [0.05, 0.1) is 0 Å². The Bertz CT molecular complexity index is 300. The van der Waals surface area contributed by atoms with E-state index in [1.807, 2.05) is 0 Å². The molecule has 0 N–H and O–H groups in total. The van der Waals surface area contributed by atoms with E-state index >= 15 is 0 Å². The molecule has 0 saturated heterocycles. The van der Waals surface area contributed by atoms with Crippen LogP contribution in [0.5, 0.6) is 0 Å². The molecule has 0 fully saturated rings. The van der Waals surface area contributed by atoms with Gasteiger partial charge in [-0.3, -0.25) is 0 Å². The van der Waals surface area contributed by atoms with Gasteiger partial charge in [0.25, 0.3) is 0 Å². The van der Waals surface area contributed by atoms with Crippen molar-refractivity contribution in [3.63, 3.8) is 0 Å². The van der Waals surface area contributed by atoms with Gasteiger partial charge in [-0.1, -0.05) is 13.8 Å². The van der Waals surface area contributed by atoms with Crippen molar-refractivity contribution in [3.05, 3.63) is 34.9 Å². The van der Waals surface area contributed by atoms with E-state index in [1.165, 1.54) is 0 Å². The van der Waals surface area contributed by atoms with Crippen LogP contribution >= 0.6 is 0 Å². The molecule has 0 aromatic heterocycles. The van der Waals surface area contributed by atoms with E-state index in [9.17, 15) is 13.3 Å². The summed E-state index contributed by atoms with van der Waals surface area (Å²) in [4.78, 5) is 3.30. The minimum Gasteiger partial charge on any atom is -0.207 e. The molecule has 0 aliphatic rings. The Morgan fingerprint density at radius 3 is 2.07 bits per heavy atom. The molecule has 0 heterocycles. The Balaban J connectivity index is 3.11. The summed E-state index contributed by atoms with van der Waals surface area (Å²) >= 11 is 0. The molecule has 1 aromatic rings. The number of halogens is 3. The lowest BCUT2D eigenvalue weighted by molar-refractivity contribution is -0.144. The van der Waals surface area contributed by atoms with Crippen molar-refractivity contribution in [1.29, 1.82) is 0 Å². The maximum atomic E-state index is 13.3. The smallest absolute Gasteiger partial charge is 0.129 e. The van der Waals surface area contributed by atoms with Crippen molar-refractivity contribution in [1.82, 2.24) is 0 Å². The van der Waals surface area contributed by atoms with Crippen LogP contribution < -0.4 is 0 Å². The molecular weight excluding hydrogens is 193 g/mol. The lowest BCUT2D eigenvalue weighted by Crippen LogP contribution is -2.00. The van der Waals surface area contributed by atoms with Crippen molar-refractivity contribution >= 4 is 0 Å². The van der Waals surface area contributed by atoms with Gasteiger partial charge in [0, 0.05) is 5.56 Å². The van der Waals surface area contributed by atoms with Crippen LogP contribution in [-0.4, -0.2) is 0 Å². The highest BCUT2D eigenvalue weighted by molar-refractivity contribution is 5.28. The van der Waals surface area contributed by atoms with Gasteiger partial charge in [-0.05, 0) is 28.1 Å². The van der Waals surface area contributed by atoms with E-state index < -0.39 is 18.2 Å². The molecule has 0 aliphatic carbocycles. The zero-order valence-electron chi connectivity index (χ0n) is 7.98. The first-order valence-corrected chi connectivity index (χ1v) is 4.27. The quantitative estimate of drug-likeness (QED) is 0.732. The van der Waals surface area contributed by atoms with Crippen LogP contribution in [-0.2, 0) is 11.5 Å². The Morgan fingerprint density at radius 1 is 1.21 bits per heavy atom. The Labute approximate surface area is 80.4 Å². The third-order valence-corrected chi connectivity index (χ3v) is 1.94. The molecule has 0 unspecified atom stereocenters. The van der Waals surface area contributed by atoms with Crippen LogP contribution in [0.15, 0.2) is 12.1 Å². The topological polar surface area (TPSA) is 9.23 Å². The molecule has 4 heteroatoms. The molecule has 1 rings (SSSR count). The fourth-order valence-corrected chi connectivity index (χ4v) is 1.33. The van der Waals surface area contributed by atoms with Crippen molar-refractivity contribution < 1.29 is 18.2 Å². The fraction of sp³-hybridized carbons (Fsp3) is 0.400. The predicted octanol–water partition coefficient (Wildman–Crippen LogP) is 3.49. The van der Waals surface area contributed by atoms with Gasteiger partial charge in [-0.25, -0.2) is 8.78 Å². The molecule has 0 saturated carbocycles. The zero-order chi connectivity index (χ0) is 10.7. The molecule has 14 heavy (non-hydrogen) atoms. The molecular formula is C10H11F3O. The normalized spacial score (nSPS) is 11.0. The second-order valence-corrected chi connectivity index (χ2v) is 3.38. The van der Waals surface area contributed by atoms with Crippen LogP contribution in [0.25, 0.3) is 0 Å². The number of hydrogen-bond acceptors (Lipinski definition) is 1. The number of rotatable bonds is 3. The lowest BCUT2D eigenvalue weighted by Gasteiger charge is -2.09. The molecule has 1 aromatic carbocycles. The maximum absolute atomic E-state index is 13.3. The zero-order valence-corrected chi connectivity index (χ0v) is 7.98. The van der Waals surface area contributed by atoms with Crippen LogP contribution in [0.3, 0.4) is 0 Å². The lowest BCUT2D eigenvalue weighted by atomic mass is 10.0. The average molecular weight is 204 g/mol. The molecule has 0 radical (unpaired) electrons. The Kier molecular flexibility index (Phi) is 3.52. The number of benzene rings is 1. The maximum Gasteiger partial charge on any atom is 0.129 e. The molecule has 1 nitrogen and oxygen atoms in total. The van der Waals surface area contributed by atoms with Gasteiger partial charge in [0.2, 0.25) is 0 Å². The summed E-state index contributed by atoms with van der Waals surface area (Å²) in [5.41, 5.74) is 0.166. The molecule has 0 aliphatic heterocycles. The molecule has 0 spiro atoms. The summed E-state index contributed by atoms with van der Waals surface area (Å²) in [6.45, 7) is 2.94. The third kappa shape index (κ3) is 2.26. The van der Waals surface area contributed by atoms with E-state index in [0.717, 1.165) is 12.1 Å². The second-order valence-electron chi connectivity index (χ2n) is 3.38. The Morgan fingerprint density at radius 2 is 1.71 bits per heavy atom. The highest BCUT2D eigenvalue weighted by Crippen LogP contribution is 2.23. The molecule has 0 amide bonds. The van der Waals surface area contributed by atoms with Gasteiger partial charge in [-0.2, -0.15) is 4.94 Å². The highest BCUT2D eigenvalue weighted by atomic mass is 19.3. The monoisotopic (exact) mass is 204 g/mol. The highest BCUT2D eigenvalue weighted by Gasteiger charge is 2.14. The van der Waals surface area contributed by atoms with E-state index in [-0.39, 0.29) is 17.0 Å². The van der Waals surface area contributed by atoms with Crippen LogP contribution in [0.2, 0.25) is 0 Å². The minimum absolute atomic E-state index is 0.0209. The predicted molar refractivity (Wildman–Crippen MR) is 46.3 cm³/mol. The summed E-state index contributed by atoms with van der Waals surface area (Å²) in [7, 11) is 0. The summed E-state index contributed by atoms with van der Waals surface area (Å²) in [6.07, 6.45) is 0. The molecule has 78 valence electrons. The molecule has 0 bridgehead atoms. The van der Waals surface area contributed by atoms with Gasteiger partial charge >= 0.3 is 0 Å². The van der Waals surface area contributed by atoms with Crippen molar-refractivity contribution in [3.8, 4) is 0 Å². The van der Waals surface area contributed by atoms with Crippen LogP contribution in [0.4, 0.5) is 13.3 Å². The first-order chi connectivity index (χ1) is 6.56. The third-order valence-electron chi connectivity index (χ3n) is 1.94. The van der Waals surface area contributed by atoms with E-state index in [2.05, 4.69) is 4.94 Å². The van der Waals surface area contributed by atoms with Crippen LogP contribution in [0.1, 0.15) is 30.9 Å². The summed E-state index contributed by atoms with van der Waals surface area (Å²) < 4.78 is 38.0. The average Bonchev–Trinajstić information content (AvgIpc) is 2.01. The first kappa shape index (κ1) is 11.0. The van der Waals surface area contributed by atoms with Crippen LogP contribution in [0, 0.1) is 11.6 Å². The van der Waals surface area contributed by atoms with E-state index in [0.29, 0.717) is 0 Å². The molecule has 0 atom stereocenters. The van der Waals surface area contributed by atoms with Crippen molar-refractivity contribution in [2.75, 3.05) is 0 Å². The van der Waals surface area contributed by atoms with Crippen molar-refractivity contribution in [2.45, 2.75) is 26.4 Å². The largest absolute Gasteiger partial charge is 0.207 e. The second kappa shape index (κ2) is 4.46. The van der Waals surface area contributed by atoms with Gasteiger partial charge < -0.3 is 0 Å². The summed E-state index contributed by atoms with van der Waals surface area (Å²) in [6, 6.07) is 2.16. The van der Waals surface area contributed by atoms with E-state index in [1.54, 1.807) is 13.8 Å². The SMILES string of the molecule is CC(C)c1c(F)cc(COF)cc1F. The fourth-order valence-electron chi connectivity index (χ4n) is 1.33. The summed E-state index contributed by atoms with van der Waals surface area (Å²) in [5, 5.41) is 0. The van der Waals surface area contributed by atoms with Gasteiger partial charge in [-0.15, -0.1) is 0 Å². The minimum atomic E-state index is -0.660. The number of hydrogen-bond donors (Lipinski definition) is 0. The first-order valence-electron chi connectivity index (χ1n) is 4.27. The van der Waals surface area contributed by atoms with Gasteiger partial charge in [0.15, 0.2) is 0 Å². The van der Waals surface area contributed by atoms with E-state index in [4.69, 9.17) is 0 Å².